The third kappa shape index (κ3) is 4.90. The van der Waals surface area contributed by atoms with Crippen LogP contribution in [0.5, 0.6) is 0 Å². The maximum atomic E-state index is 13.9. The Bertz CT molecular complexity index is 751. The molecule has 0 heterocycles. The number of aliphatic imine (C=N–C) groups is 1. The Morgan fingerprint density at radius 2 is 1.96 bits per heavy atom. The minimum atomic E-state index is -0.245. The van der Waals surface area contributed by atoms with Crippen LogP contribution in [0.1, 0.15) is 23.5 Å². The van der Waals surface area contributed by atoms with Gasteiger partial charge in [-0.15, -0.1) is 24.0 Å². The van der Waals surface area contributed by atoms with E-state index in [2.05, 4.69) is 10.3 Å². The van der Waals surface area contributed by atoms with E-state index in [1.165, 1.54) is 18.2 Å². The van der Waals surface area contributed by atoms with Crippen molar-refractivity contribution in [2.24, 2.45) is 4.99 Å². The van der Waals surface area contributed by atoms with Gasteiger partial charge in [0.25, 0.3) is 0 Å². The van der Waals surface area contributed by atoms with Crippen LogP contribution < -0.4 is 5.32 Å². The van der Waals surface area contributed by atoms with Crippen molar-refractivity contribution >= 4 is 29.9 Å². The molecule has 0 spiro atoms. The molecule has 2 aromatic carbocycles. The number of nitrogens with one attached hydrogen (secondary N) is 1. The fourth-order valence-corrected chi connectivity index (χ4v) is 2.97. The van der Waals surface area contributed by atoms with E-state index in [4.69, 9.17) is 0 Å². The molecule has 2 unspecified atom stereocenters. The first-order valence-electron chi connectivity index (χ1n) is 8.02. The predicted molar refractivity (Wildman–Crippen MR) is 107 cm³/mol. The number of halogens is 3. The Morgan fingerprint density at radius 1 is 1.20 bits per heavy atom. The summed E-state index contributed by atoms with van der Waals surface area (Å²) in [6.45, 7) is 0.550. The summed E-state index contributed by atoms with van der Waals surface area (Å²) in [5.74, 6) is 0.495. The van der Waals surface area contributed by atoms with Crippen molar-refractivity contribution in [2.45, 2.75) is 24.9 Å². The van der Waals surface area contributed by atoms with Crippen LogP contribution in [0.25, 0.3) is 0 Å². The van der Waals surface area contributed by atoms with Gasteiger partial charge in [-0.1, -0.05) is 30.3 Å². The van der Waals surface area contributed by atoms with E-state index in [1.54, 1.807) is 19.2 Å². The quantitative estimate of drug-likeness (QED) is 0.425. The molecule has 2 aromatic rings. The normalized spacial score (nSPS) is 19.1. The van der Waals surface area contributed by atoms with Crippen molar-refractivity contribution in [1.29, 1.82) is 0 Å². The molecule has 2 atom stereocenters. The highest BCUT2D eigenvalue weighted by Gasteiger charge is 2.40. The molecule has 6 heteroatoms. The highest BCUT2D eigenvalue weighted by molar-refractivity contribution is 14.0. The van der Waals surface area contributed by atoms with Gasteiger partial charge in [-0.05, 0) is 35.7 Å². The average molecular weight is 457 g/mol. The van der Waals surface area contributed by atoms with Crippen LogP contribution >= 0.6 is 24.0 Å². The number of guanidine groups is 1. The lowest BCUT2D eigenvalue weighted by Gasteiger charge is -2.22. The van der Waals surface area contributed by atoms with Gasteiger partial charge in [-0.2, -0.15) is 0 Å². The minimum Gasteiger partial charge on any atom is -0.353 e. The van der Waals surface area contributed by atoms with Crippen LogP contribution in [0.2, 0.25) is 0 Å². The molecule has 3 rings (SSSR count). The van der Waals surface area contributed by atoms with Crippen molar-refractivity contribution in [3.05, 3.63) is 71.3 Å². The molecule has 0 saturated heterocycles. The van der Waals surface area contributed by atoms with Gasteiger partial charge in [0.1, 0.15) is 11.6 Å². The van der Waals surface area contributed by atoms with Crippen LogP contribution in [0, 0.1) is 11.6 Å². The monoisotopic (exact) mass is 457 g/mol. The summed E-state index contributed by atoms with van der Waals surface area (Å²) < 4.78 is 27.2. The van der Waals surface area contributed by atoms with E-state index < -0.39 is 0 Å². The van der Waals surface area contributed by atoms with E-state index in [0.29, 0.717) is 6.54 Å². The van der Waals surface area contributed by atoms with Gasteiger partial charge < -0.3 is 10.2 Å². The number of nitrogens with zero attached hydrogens (tertiary/aromatic N) is 2. The molecule has 0 aromatic heterocycles. The summed E-state index contributed by atoms with van der Waals surface area (Å²) in [6.07, 6.45) is 0.883. The summed E-state index contributed by atoms with van der Waals surface area (Å²) in [5, 5.41) is 3.37. The van der Waals surface area contributed by atoms with Gasteiger partial charge in [0, 0.05) is 32.6 Å². The fourth-order valence-electron chi connectivity index (χ4n) is 2.97. The molecular weight excluding hydrogens is 435 g/mol. The molecule has 1 saturated carbocycles. The zero-order chi connectivity index (χ0) is 17.1. The molecule has 134 valence electrons. The average Bonchev–Trinajstić information content (AvgIpc) is 3.32. The van der Waals surface area contributed by atoms with Crippen LogP contribution in [-0.4, -0.2) is 31.0 Å². The Labute approximate surface area is 164 Å². The largest absolute Gasteiger partial charge is 0.353 e. The number of hydrogen-bond donors (Lipinski definition) is 1. The summed E-state index contributed by atoms with van der Waals surface area (Å²) in [5.41, 5.74) is 1.63. The van der Waals surface area contributed by atoms with Gasteiger partial charge in [0.15, 0.2) is 5.96 Å². The smallest absolute Gasteiger partial charge is 0.193 e. The van der Waals surface area contributed by atoms with Crippen LogP contribution in [0.3, 0.4) is 0 Å². The van der Waals surface area contributed by atoms with Crippen molar-refractivity contribution in [1.82, 2.24) is 10.2 Å². The minimum absolute atomic E-state index is 0. The van der Waals surface area contributed by atoms with Crippen LogP contribution in [-0.2, 0) is 6.54 Å². The summed E-state index contributed by atoms with van der Waals surface area (Å²) in [4.78, 5) is 6.22. The molecule has 0 amide bonds. The molecule has 0 aliphatic heterocycles. The second-order valence-corrected chi connectivity index (χ2v) is 6.15. The third-order valence-corrected chi connectivity index (χ3v) is 4.29. The van der Waals surface area contributed by atoms with Crippen molar-refractivity contribution < 1.29 is 8.78 Å². The van der Waals surface area contributed by atoms with Gasteiger partial charge in [0.2, 0.25) is 0 Å². The molecule has 3 nitrogen and oxygen atoms in total. The first-order chi connectivity index (χ1) is 11.6. The van der Waals surface area contributed by atoms with Gasteiger partial charge in [-0.25, -0.2) is 8.78 Å². The zero-order valence-electron chi connectivity index (χ0n) is 14.2. The lowest BCUT2D eigenvalue weighted by Crippen LogP contribution is -2.40. The van der Waals surface area contributed by atoms with Gasteiger partial charge in [0.05, 0.1) is 0 Å². The van der Waals surface area contributed by atoms with Crippen LogP contribution in [0.4, 0.5) is 8.78 Å². The molecule has 1 aliphatic rings. The lowest BCUT2D eigenvalue weighted by molar-refractivity contribution is 0.473. The van der Waals surface area contributed by atoms with Gasteiger partial charge >= 0.3 is 0 Å². The van der Waals surface area contributed by atoms with Crippen molar-refractivity contribution in [3.63, 3.8) is 0 Å². The Balaban J connectivity index is 0.00000225. The Hall–Kier alpha value is -1.70. The molecule has 0 radical (unpaired) electrons. The maximum absolute atomic E-state index is 13.9. The topological polar surface area (TPSA) is 27.6 Å². The van der Waals surface area contributed by atoms with E-state index >= 15 is 0 Å². The molecular formula is C19H22F2IN3. The maximum Gasteiger partial charge on any atom is 0.193 e. The van der Waals surface area contributed by atoms with Crippen molar-refractivity contribution in [2.75, 3.05) is 14.1 Å². The summed E-state index contributed by atoms with van der Waals surface area (Å²) in [7, 11) is 3.62. The fraction of sp³-hybridized carbons (Fsp3) is 0.316. The van der Waals surface area contributed by atoms with Crippen LogP contribution in [0.15, 0.2) is 53.5 Å². The number of rotatable bonds is 4. The Morgan fingerprint density at radius 3 is 2.64 bits per heavy atom. The molecule has 1 fully saturated rings. The SMILES string of the molecule is CN=C(NC1CC1c1ccccc1F)N(C)Cc1cccc(F)c1.I. The first-order valence-corrected chi connectivity index (χ1v) is 8.02. The van der Waals surface area contributed by atoms with E-state index in [9.17, 15) is 8.78 Å². The number of hydrogen-bond acceptors (Lipinski definition) is 1. The molecule has 0 bridgehead atoms. The zero-order valence-corrected chi connectivity index (χ0v) is 16.6. The molecule has 1 N–H and O–H groups in total. The molecule has 1 aliphatic carbocycles. The lowest BCUT2D eigenvalue weighted by atomic mass is 10.1. The predicted octanol–water partition coefficient (Wildman–Crippen LogP) is 4.15. The number of benzene rings is 2. The Kier molecular flexibility index (Phi) is 6.75. The van der Waals surface area contributed by atoms with E-state index in [0.717, 1.165) is 23.5 Å². The standard InChI is InChI=1S/C19H21F2N3.HI/c1-22-19(24(2)12-13-6-5-7-14(20)10-13)23-18-11-16(18)15-8-3-4-9-17(15)21;/h3-10,16,18H,11-12H2,1-2H3,(H,22,23);1H. The summed E-state index contributed by atoms with van der Waals surface area (Å²) >= 11 is 0. The summed E-state index contributed by atoms with van der Waals surface area (Å²) in [6, 6.07) is 13.6. The van der Waals surface area contributed by atoms with Gasteiger partial charge in [-0.3, -0.25) is 4.99 Å². The highest BCUT2D eigenvalue weighted by atomic mass is 127. The third-order valence-electron chi connectivity index (χ3n) is 4.29. The van der Waals surface area contributed by atoms with E-state index in [1.807, 2.05) is 30.1 Å². The highest BCUT2D eigenvalue weighted by Crippen LogP contribution is 2.41. The van der Waals surface area contributed by atoms with E-state index in [-0.39, 0.29) is 47.6 Å². The molecule has 25 heavy (non-hydrogen) atoms. The van der Waals surface area contributed by atoms with Crippen molar-refractivity contribution in [3.8, 4) is 0 Å². The second-order valence-electron chi connectivity index (χ2n) is 6.15. The first kappa shape index (κ1) is 19.6. The second kappa shape index (κ2) is 8.60.